The molecule has 2 aromatic rings. The Morgan fingerprint density at radius 1 is 1.16 bits per heavy atom. The van der Waals surface area contributed by atoms with E-state index in [1.54, 1.807) is 6.07 Å². The Morgan fingerprint density at radius 3 is 2.24 bits per heavy atom. The van der Waals surface area contributed by atoms with Gasteiger partial charge >= 0.3 is 5.69 Å². The summed E-state index contributed by atoms with van der Waals surface area (Å²) in [6.07, 6.45) is 0. The van der Waals surface area contributed by atoms with Gasteiger partial charge in [-0.05, 0) is 6.07 Å². The molecule has 1 aromatic heterocycles. The second-order valence-electron chi connectivity index (χ2n) is 4.70. The lowest BCUT2D eigenvalue weighted by Gasteiger charge is -2.14. The number of H-pyrrole nitrogens is 1. The van der Waals surface area contributed by atoms with Crippen molar-refractivity contribution < 1.29 is 14.4 Å². The second kappa shape index (κ2) is 6.60. The van der Waals surface area contributed by atoms with Gasteiger partial charge in [0.15, 0.2) is 5.75 Å². The fourth-order valence-corrected chi connectivity index (χ4v) is 2.33. The van der Waals surface area contributed by atoms with Gasteiger partial charge in [-0.15, -0.1) is 0 Å². The summed E-state index contributed by atoms with van der Waals surface area (Å²) in [6, 6.07) is 5.82. The number of aromatic nitrogens is 1. The van der Waals surface area contributed by atoms with Crippen molar-refractivity contribution in [2.45, 2.75) is 0 Å². The standard InChI is InChI=1S/C15H11N5O5/c1-24-11-4-10(20(22)23)12(25-2)3-7(11)13-8(5-16)14(18)19-15(21)9(13)6-17/h3-4H,1-2H3,(H3,18,19,21). The highest BCUT2D eigenvalue weighted by Gasteiger charge is 2.26. The summed E-state index contributed by atoms with van der Waals surface area (Å²) >= 11 is 0. The number of aromatic amines is 1. The maximum Gasteiger partial charge on any atom is 0.314 e. The SMILES string of the molecule is COc1cc([N+](=O)[O-])c(OC)cc1-c1c(C#N)c(N)[nH]c(=O)c1C#N. The molecular formula is C15H11N5O5. The first-order chi connectivity index (χ1) is 11.9. The predicted octanol–water partition coefficient (Wildman–Crippen LogP) is 1.29. The zero-order valence-electron chi connectivity index (χ0n) is 13.1. The van der Waals surface area contributed by atoms with Crippen molar-refractivity contribution in [3.8, 4) is 34.8 Å². The molecule has 3 N–H and O–H groups in total. The van der Waals surface area contributed by atoms with Crippen LogP contribution in [0.25, 0.3) is 11.1 Å². The normalized spacial score (nSPS) is 9.76. The van der Waals surface area contributed by atoms with E-state index in [0.29, 0.717) is 0 Å². The van der Waals surface area contributed by atoms with Crippen molar-refractivity contribution in [2.75, 3.05) is 20.0 Å². The number of nitro benzene ring substituents is 1. The Balaban J connectivity index is 3.02. The average molecular weight is 341 g/mol. The number of hydrogen-bond acceptors (Lipinski definition) is 8. The van der Waals surface area contributed by atoms with Gasteiger partial charge in [-0.25, -0.2) is 0 Å². The van der Waals surface area contributed by atoms with Crippen LogP contribution in [-0.4, -0.2) is 24.1 Å². The number of benzene rings is 1. The Morgan fingerprint density at radius 2 is 1.76 bits per heavy atom. The summed E-state index contributed by atoms with van der Waals surface area (Å²) in [5.74, 6) is -0.390. The molecule has 0 atom stereocenters. The van der Waals surface area contributed by atoms with E-state index in [1.807, 2.05) is 6.07 Å². The number of nitrogens with one attached hydrogen (secondary N) is 1. The summed E-state index contributed by atoms with van der Waals surface area (Å²) in [4.78, 5) is 24.7. The van der Waals surface area contributed by atoms with Gasteiger partial charge in [-0.2, -0.15) is 10.5 Å². The molecule has 0 aliphatic carbocycles. The van der Waals surface area contributed by atoms with Gasteiger partial charge in [0.05, 0.1) is 25.2 Å². The molecule has 0 saturated heterocycles. The van der Waals surface area contributed by atoms with E-state index in [-0.39, 0.29) is 45.3 Å². The molecular weight excluding hydrogens is 330 g/mol. The minimum absolute atomic E-state index is 0.0227. The van der Waals surface area contributed by atoms with E-state index < -0.39 is 10.5 Å². The number of nitriles is 2. The molecule has 0 spiro atoms. The molecule has 2 rings (SSSR count). The van der Waals surface area contributed by atoms with Gasteiger partial charge in [0.1, 0.15) is 34.8 Å². The minimum atomic E-state index is -0.798. The fraction of sp³-hybridized carbons (Fsp3) is 0.133. The number of anilines is 1. The van der Waals surface area contributed by atoms with Gasteiger partial charge in [-0.1, -0.05) is 0 Å². The van der Waals surface area contributed by atoms with E-state index in [2.05, 4.69) is 4.98 Å². The summed E-state index contributed by atoms with van der Waals surface area (Å²) in [5, 5.41) is 29.8. The van der Waals surface area contributed by atoms with Crippen LogP contribution in [0.5, 0.6) is 11.5 Å². The third kappa shape index (κ3) is 2.80. The molecule has 0 bridgehead atoms. The predicted molar refractivity (Wildman–Crippen MR) is 86.1 cm³/mol. The van der Waals surface area contributed by atoms with Crippen molar-refractivity contribution in [3.63, 3.8) is 0 Å². The van der Waals surface area contributed by atoms with Crippen LogP contribution in [0.2, 0.25) is 0 Å². The van der Waals surface area contributed by atoms with Crippen LogP contribution in [-0.2, 0) is 0 Å². The molecule has 0 saturated carbocycles. The van der Waals surface area contributed by atoms with E-state index in [4.69, 9.17) is 15.2 Å². The van der Waals surface area contributed by atoms with Crippen LogP contribution in [0.4, 0.5) is 11.5 Å². The number of nitrogens with two attached hydrogens (primary N) is 1. The molecule has 10 nitrogen and oxygen atoms in total. The third-order valence-corrected chi connectivity index (χ3v) is 3.44. The highest BCUT2D eigenvalue weighted by molar-refractivity contribution is 5.85. The molecule has 25 heavy (non-hydrogen) atoms. The van der Waals surface area contributed by atoms with Crippen molar-refractivity contribution in [3.05, 3.63) is 43.7 Å². The first kappa shape index (κ1) is 17.3. The van der Waals surface area contributed by atoms with Gasteiger partial charge in [0.25, 0.3) is 5.56 Å². The van der Waals surface area contributed by atoms with Crippen LogP contribution in [0.3, 0.4) is 0 Å². The van der Waals surface area contributed by atoms with Crippen LogP contribution in [0, 0.1) is 32.8 Å². The van der Waals surface area contributed by atoms with Gasteiger partial charge in [0, 0.05) is 11.1 Å². The quantitative estimate of drug-likeness (QED) is 0.619. The minimum Gasteiger partial charge on any atom is -0.496 e. The molecule has 0 radical (unpaired) electrons. The number of pyridine rings is 1. The Bertz CT molecular complexity index is 1010. The van der Waals surface area contributed by atoms with Gasteiger partial charge in [0.2, 0.25) is 0 Å². The molecule has 0 fully saturated rings. The van der Waals surface area contributed by atoms with Crippen LogP contribution in [0.1, 0.15) is 11.1 Å². The summed E-state index contributed by atoms with van der Waals surface area (Å²) in [6.45, 7) is 0. The Kier molecular flexibility index (Phi) is 4.57. The molecule has 0 amide bonds. The number of rotatable bonds is 4. The van der Waals surface area contributed by atoms with Crippen molar-refractivity contribution in [1.82, 2.24) is 4.98 Å². The first-order valence-corrected chi connectivity index (χ1v) is 6.66. The number of nitrogen functional groups attached to an aromatic ring is 1. The van der Waals surface area contributed by atoms with Gasteiger partial charge < -0.3 is 20.2 Å². The smallest absolute Gasteiger partial charge is 0.314 e. The number of nitro groups is 1. The maximum atomic E-state index is 12.0. The topological polar surface area (TPSA) is 168 Å². The first-order valence-electron chi connectivity index (χ1n) is 6.66. The lowest BCUT2D eigenvalue weighted by atomic mass is 9.95. The summed E-state index contributed by atoms with van der Waals surface area (Å²) < 4.78 is 10.1. The molecule has 0 aliphatic rings. The zero-order chi connectivity index (χ0) is 18.7. The molecule has 10 heteroatoms. The summed E-state index contributed by atoms with van der Waals surface area (Å²) in [5.41, 5.74) is 3.96. The average Bonchev–Trinajstić information content (AvgIpc) is 2.59. The van der Waals surface area contributed by atoms with Crippen LogP contribution < -0.4 is 20.8 Å². The fourth-order valence-electron chi connectivity index (χ4n) is 2.33. The van der Waals surface area contributed by atoms with E-state index in [0.717, 1.165) is 6.07 Å². The maximum absolute atomic E-state index is 12.0. The van der Waals surface area contributed by atoms with Crippen LogP contribution >= 0.6 is 0 Å². The zero-order valence-corrected chi connectivity index (χ0v) is 13.1. The number of hydrogen-bond donors (Lipinski definition) is 2. The number of ether oxygens (including phenoxy) is 2. The number of nitrogens with zero attached hydrogens (tertiary/aromatic N) is 3. The number of methoxy groups -OCH3 is 2. The van der Waals surface area contributed by atoms with E-state index >= 15 is 0 Å². The second-order valence-corrected chi connectivity index (χ2v) is 4.70. The van der Waals surface area contributed by atoms with Crippen molar-refractivity contribution in [2.24, 2.45) is 0 Å². The lowest BCUT2D eigenvalue weighted by molar-refractivity contribution is -0.385. The highest BCUT2D eigenvalue weighted by atomic mass is 16.6. The highest BCUT2D eigenvalue weighted by Crippen LogP contribution is 2.42. The monoisotopic (exact) mass is 341 g/mol. The Labute approximate surface area is 140 Å². The van der Waals surface area contributed by atoms with Gasteiger partial charge in [-0.3, -0.25) is 14.9 Å². The van der Waals surface area contributed by atoms with Crippen LogP contribution in [0.15, 0.2) is 16.9 Å². The molecule has 1 aromatic carbocycles. The van der Waals surface area contributed by atoms with Crippen molar-refractivity contribution >= 4 is 11.5 Å². The largest absolute Gasteiger partial charge is 0.496 e. The third-order valence-electron chi connectivity index (χ3n) is 3.44. The molecule has 0 aliphatic heterocycles. The lowest BCUT2D eigenvalue weighted by Crippen LogP contribution is -2.16. The Hall–Kier alpha value is -4.05. The molecule has 0 unspecified atom stereocenters. The summed E-state index contributed by atoms with van der Waals surface area (Å²) in [7, 11) is 2.48. The van der Waals surface area contributed by atoms with Crippen molar-refractivity contribution in [1.29, 1.82) is 10.5 Å². The van der Waals surface area contributed by atoms with E-state index in [1.165, 1.54) is 20.3 Å². The van der Waals surface area contributed by atoms with E-state index in [9.17, 15) is 25.4 Å². The molecule has 126 valence electrons. The molecule has 1 heterocycles.